The first-order valence-electron chi connectivity index (χ1n) is 8.60. The van der Waals surface area contributed by atoms with Crippen molar-refractivity contribution in [1.82, 2.24) is 14.9 Å². The molecule has 1 atom stereocenters. The van der Waals surface area contributed by atoms with Gasteiger partial charge in [0.2, 0.25) is 10.0 Å². The zero-order chi connectivity index (χ0) is 17.8. The molecule has 0 amide bonds. The van der Waals surface area contributed by atoms with Gasteiger partial charge in [0.25, 0.3) is 0 Å². The van der Waals surface area contributed by atoms with Crippen LogP contribution in [0.2, 0.25) is 0 Å². The molecular weight excluding hydrogens is 455 g/mol. The molecule has 25 heavy (non-hydrogen) atoms. The van der Waals surface area contributed by atoms with Gasteiger partial charge in [-0.15, -0.1) is 30.6 Å². The van der Waals surface area contributed by atoms with Crippen LogP contribution in [-0.2, 0) is 14.8 Å². The van der Waals surface area contributed by atoms with Crippen LogP contribution in [0.1, 0.15) is 32.1 Å². The van der Waals surface area contributed by atoms with E-state index < -0.39 is 10.0 Å². The average Bonchev–Trinajstić information content (AvgIpc) is 2.58. The van der Waals surface area contributed by atoms with Crippen molar-refractivity contribution in [2.75, 3.05) is 46.1 Å². The fourth-order valence-corrected chi connectivity index (χ4v) is 3.48. The molecule has 9 heteroatoms. The Morgan fingerprint density at radius 2 is 2.20 bits per heavy atom. The zero-order valence-electron chi connectivity index (χ0n) is 15.4. The average molecular weight is 488 g/mol. The number of hydrogen-bond acceptors (Lipinski definition) is 4. The summed E-state index contributed by atoms with van der Waals surface area (Å²) in [5, 5.41) is 3.09. The van der Waals surface area contributed by atoms with Gasteiger partial charge in [-0.1, -0.05) is 6.08 Å². The molecule has 0 aromatic heterocycles. The molecule has 1 fully saturated rings. The predicted octanol–water partition coefficient (Wildman–Crippen LogP) is 1.57. The van der Waals surface area contributed by atoms with Gasteiger partial charge in [-0.2, -0.15) is 0 Å². The lowest BCUT2D eigenvalue weighted by atomic mass is 10.1. The maximum absolute atomic E-state index is 12.1. The number of allylic oxidation sites excluding steroid dienone is 1. The first kappa shape index (κ1) is 24.6. The molecule has 0 spiro atoms. The van der Waals surface area contributed by atoms with E-state index in [0.29, 0.717) is 19.0 Å². The molecule has 0 aliphatic carbocycles. The van der Waals surface area contributed by atoms with E-state index in [1.54, 1.807) is 7.05 Å². The zero-order valence-corrected chi connectivity index (χ0v) is 18.5. The fourth-order valence-electron chi connectivity index (χ4n) is 2.52. The molecule has 0 radical (unpaired) electrons. The van der Waals surface area contributed by atoms with E-state index in [9.17, 15) is 8.42 Å². The van der Waals surface area contributed by atoms with Crippen molar-refractivity contribution in [1.29, 1.82) is 0 Å². The van der Waals surface area contributed by atoms with Crippen molar-refractivity contribution < 1.29 is 13.2 Å². The maximum atomic E-state index is 12.1. The lowest BCUT2D eigenvalue weighted by Gasteiger charge is -2.23. The quantitative estimate of drug-likeness (QED) is 0.160. The normalized spacial score (nSPS) is 18.3. The molecule has 1 aliphatic rings. The van der Waals surface area contributed by atoms with Crippen LogP contribution in [0.5, 0.6) is 0 Å². The van der Waals surface area contributed by atoms with E-state index in [1.807, 2.05) is 18.0 Å². The molecular formula is C16H33IN4O3S. The first-order valence-corrected chi connectivity index (χ1v) is 10.3. The summed E-state index contributed by atoms with van der Waals surface area (Å²) in [4.78, 5) is 6.16. The Balaban J connectivity index is 0.00000576. The Morgan fingerprint density at radius 1 is 1.44 bits per heavy atom. The molecule has 7 nitrogen and oxygen atoms in total. The lowest BCUT2D eigenvalue weighted by molar-refractivity contribution is 0.0200. The monoisotopic (exact) mass is 488 g/mol. The van der Waals surface area contributed by atoms with Crippen LogP contribution < -0.4 is 10.0 Å². The molecule has 2 N–H and O–H groups in total. The van der Waals surface area contributed by atoms with Gasteiger partial charge in [-0.3, -0.25) is 4.99 Å². The summed E-state index contributed by atoms with van der Waals surface area (Å²) in [6.07, 6.45) is 6.91. The third kappa shape index (κ3) is 11.0. The molecule has 1 aliphatic heterocycles. The van der Waals surface area contributed by atoms with Crippen LogP contribution in [0.4, 0.5) is 0 Å². The highest BCUT2D eigenvalue weighted by Crippen LogP contribution is 2.11. The number of aliphatic imine (C=N–C) groups is 1. The molecule has 0 aromatic carbocycles. The summed E-state index contributed by atoms with van der Waals surface area (Å²) >= 11 is 0. The summed E-state index contributed by atoms with van der Waals surface area (Å²) < 4.78 is 32.3. The van der Waals surface area contributed by atoms with Gasteiger partial charge in [0.05, 0.1) is 11.9 Å². The van der Waals surface area contributed by atoms with Crippen molar-refractivity contribution in [3.8, 4) is 0 Å². The molecule has 148 valence electrons. The molecule has 1 unspecified atom stereocenters. The number of unbranched alkanes of at least 4 members (excludes halogenated alkanes) is 1. The lowest BCUT2D eigenvalue weighted by Crippen LogP contribution is -2.43. The summed E-state index contributed by atoms with van der Waals surface area (Å²) in [6.45, 7) is 5.95. The van der Waals surface area contributed by atoms with Gasteiger partial charge >= 0.3 is 0 Å². The van der Waals surface area contributed by atoms with Crippen molar-refractivity contribution in [3.63, 3.8) is 0 Å². The second-order valence-corrected chi connectivity index (χ2v) is 7.91. The molecule has 0 aromatic rings. The van der Waals surface area contributed by atoms with Crippen LogP contribution in [0.3, 0.4) is 0 Å². The number of rotatable bonds is 10. The first-order chi connectivity index (χ1) is 11.5. The van der Waals surface area contributed by atoms with E-state index >= 15 is 0 Å². The second kappa shape index (κ2) is 13.8. The fraction of sp³-hybridized carbons (Fsp3) is 0.812. The predicted molar refractivity (Wildman–Crippen MR) is 114 cm³/mol. The Labute approximate surface area is 169 Å². The number of hydrogen-bond donors (Lipinski definition) is 2. The maximum Gasteiger partial charge on any atom is 0.213 e. The minimum atomic E-state index is -3.31. The number of nitrogens with zero attached hydrogens (tertiary/aromatic N) is 2. The number of ether oxygens (including phenoxy) is 1. The van der Waals surface area contributed by atoms with Gasteiger partial charge in [0.15, 0.2) is 5.96 Å². The van der Waals surface area contributed by atoms with Gasteiger partial charge in [-0.05, 0) is 32.1 Å². The van der Waals surface area contributed by atoms with Crippen molar-refractivity contribution >= 4 is 40.0 Å². The third-order valence-electron chi connectivity index (χ3n) is 3.93. The highest BCUT2D eigenvalue weighted by atomic mass is 127. The van der Waals surface area contributed by atoms with Gasteiger partial charge < -0.3 is 15.0 Å². The Bertz CT molecular complexity index is 494. The smallest absolute Gasteiger partial charge is 0.213 e. The molecule has 1 rings (SSSR count). The Hall–Kier alpha value is -0.390. The molecule has 1 saturated heterocycles. The van der Waals surface area contributed by atoms with Gasteiger partial charge in [0.1, 0.15) is 0 Å². The summed E-state index contributed by atoms with van der Waals surface area (Å²) in [6, 6.07) is 0. The van der Waals surface area contributed by atoms with Crippen molar-refractivity contribution in [2.45, 2.75) is 38.2 Å². The third-order valence-corrected chi connectivity index (χ3v) is 5.28. The summed E-state index contributed by atoms with van der Waals surface area (Å²) in [5.41, 5.74) is 0. The van der Waals surface area contributed by atoms with Crippen LogP contribution in [0.15, 0.2) is 17.6 Å². The van der Waals surface area contributed by atoms with Crippen LogP contribution >= 0.6 is 24.0 Å². The van der Waals surface area contributed by atoms with E-state index in [4.69, 9.17) is 4.74 Å². The van der Waals surface area contributed by atoms with E-state index in [0.717, 1.165) is 45.3 Å². The van der Waals surface area contributed by atoms with Crippen molar-refractivity contribution in [2.24, 2.45) is 4.99 Å². The van der Waals surface area contributed by atoms with Crippen LogP contribution in [-0.4, -0.2) is 71.5 Å². The summed E-state index contributed by atoms with van der Waals surface area (Å²) in [7, 11) is 0.319. The Morgan fingerprint density at radius 3 is 2.80 bits per heavy atom. The van der Waals surface area contributed by atoms with Gasteiger partial charge in [0, 0.05) is 40.3 Å². The highest BCUT2D eigenvalue weighted by Gasteiger charge is 2.17. The van der Waals surface area contributed by atoms with E-state index in [2.05, 4.69) is 21.6 Å². The number of guanidine groups is 1. The largest absolute Gasteiger partial charge is 0.377 e. The second-order valence-electron chi connectivity index (χ2n) is 5.98. The molecule has 0 saturated carbocycles. The molecule has 0 bridgehead atoms. The summed E-state index contributed by atoms with van der Waals surface area (Å²) in [5.74, 6) is 0.712. The van der Waals surface area contributed by atoms with Crippen molar-refractivity contribution in [3.05, 3.63) is 12.7 Å². The van der Waals surface area contributed by atoms with Crippen LogP contribution in [0.25, 0.3) is 0 Å². The number of halogens is 1. The Kier molecular flexibility index (Phi) is 13.6. The number of sulfonamides is 1. The number of nitrogens with one attached hydrogen (secondary N) is 2. The standard InChI is InChI=1S/C16H32N4O3S.HI/c1-4-5-7-11-20(3)16(17-2)18-10-13-24(21,22)19-14-15-9-6-8-12-23-15;/h4,15,19H,1,5-14H2,2-3H3,(H,17,18);1H. The topological polar surface area (TPSA) is 83.0 Å². The minimum Gasteiger partial charge on any atom is -0.377 e. The molecule has 1 heterocycles. The minimum absolute atomic E-state index is 0. The van der Waals surface area contributed by atoms with E-state index in [1.165, 1.54) is 0 Å². The van der Waals surface area contributed by atoms with E-state index in [-0.39, 0.29) is 35.8 Å². The highest BCUT2D eigenvalue weighted by molar-refractivity contribution is 14.0. The van der Waals surface area contributed by atoms with Crippen LogP contribution in [0, 0.1) is 0 Å². The SMILES string of the molecule is C=CCCCN(C)C(=NC)NCCS(=O)(=O)NCC1CCCCO1.I. The van der Waals surface area contributed by atoms with Gasteiger partial charge in [-0.25, -0.2) is 13.1 Å².